The molecular formula is C15H32N2O4S2. The minimum absolute atomic E-state index is 0.339. The highest BCUT2D eigenvalue weighted by Crippen LogP contribution is 2.29. The fourth-order valence-electron chi connectivity index (χ4n) is 1.98. The summed E-state index contributed by atoms with van der Waals surface area (Å²) in [5.74, 6) is 0.507. The lowest BCUT2D eigenvalue weighted by Crippen LogP contribution is -2.42. The van der Waals surface area contributed by atoms with E-state index in [4.69, 9.17) is 0 Å². The average Bonchev–Trinajstić information content (AvgIpc) is 3.18. The number of hydrogen-bond donors (Lipinski definition) is 2. The summed E-state index contributed by atoms with van der Waals surface area (Å²) < 4.78 is 52.1. The molecule has 0 bridgehead atoms. The lowest BCUT2D eigenvalue weighted by Gasteiger charge is -2.25. The van der Waals surface area contributed by atoms with Crippen molar-refractivity contribution in [1.29, 1.82) is 0 Å². The Hall–Kier alpha value is -0.180. The molecule has 0 saturated heterocycles. The van der Waals surface area contributed by atoms with Crippen LogP contribution < -0.4 is 9.44 Å². The maximum Gasteiger partial charge on any atom is 0.216 e. The van der Waals surface area contributed by atoms with Crippen LogP contribution in [0.2, 0.25) is 0 Å². The van der Waals surface area contributed by atoms with Gasteiger partial charge in [0.15, 0.2) is 0 Å². The number of rotatable bonds is 10. The molecule has 0 spiro atoms. The Kier molecular flexibility index (Phi) is 6.69. The Balaban J connectivity index is 2.35. The molecule has 0 radical (unpaired) electrons. The minimum Gasteiger partial charge on any atom is -0.215 e. The maximum absolute atomic E-state index is 12.3. The van der Waals surface area contributed by atoms with E-state index in [0.29, 0.717) is 38.3 Å². The van der Waals surface area contributed by atoms with Gasteiger partial charge in [0.05, 0.1) is 9.49 Å². The van der Waals surface area contributed by atoms with Gasteiger partial charge in [0.1, 0.15) is 0 Å². The molecule has 0 aromatic heterocycles. The molecule has 6 nitrogen and oxygen atoms in total. The van der Waals surface area contributed by atoms with Crippen LogP contribution in [0.15, 0.2) is 0 Å². The van der Waals surface area contributed by atoms with Gasteiger partial charge in [-0.1, -0.05) is 6.42 Å². The number of nitrogens with one attached hydrogen (secondary N) is 2. The molecule has 138 valence electrons. The minimum atomic E-state index is -3.34. The lowest BCUT2D eigenvalue weighted by molar-refractivity contribution is 0.492. The Morgan fingerprint density at radius 1 is 0.870 bits per heavy atom. The zero-order valence-electron chi connectivity index (χ0n) is 15.0. The zero-order chi connectivity index (χ0) is 17.9. The van der Waals surface area contributed by atoms with E-state index in [1.807, 2.05) is 0 Å². The lowest BCUT2D eigenvalue weighted by atomic mass is 10.1. The van der Waals surface area contributed by atoms with E-state index in [1.54, 1.807) is 34.6 Å². The summed E-state index contributed by atoms with van der Waals surface area (Å²) in [5.41, 5.74) is 0. The number of hydrogen-bond acceptors (Lipinski definition) is 4. The summed E-state index contributed by atoms with van der Waals surface area (Å²) in [6.45, 7) is 9.27. The largest absolute Gasteiger partial charge is 0.216 e. The van der Waals surface area contributed by atoms with Gasteiger partial charge >= 0.3 is 0 Å². The van der Waals surface area contributed by atoms with E-state index in [9.17, 15) is 16.8 Å². The van der Waals surface area contributed by atoms with Crippen LogP contribution in [0.5, 0.6) is 0 Å². The highest BCUT2D eigenvalue weighted by molar-refractivity contribution is 7.91. The second-order valence-corrected chi connectivity index (χ2v) is 12.9. The Morgan fingerprint density at radius 2 is 1.43 bits per heavy atom. The molecule has 0 aromatic carbocycles. The highest BCUT2D eigenvalue weighted by atomic mass is 32.2. The molecule has 0 heterocycles. The average molecular weight is 369 g/mol. The van der Waals surface area contributed by atoms with E-state index >= 15 is 0 Å². The van der Waals surface area contributed by atoms with E-state index in [0.717, 1.165) is 12.8 Å². The number of unbranched alkanes of at least 4 members (excludes halogenated alkanes) is 1. The molecule has 8 heteroatoms. The first kappa shape index (κ1) is 20.9. The van der Waals surface area contributed by atoms with E-state index in [1.165, 1.54) is 0 Å². The Bertz CT molecular complexity index is 585. The summed E-state index contributed by atoms with van der Waals surface area (Å²) in [4.78, 5) is 0. The van der Waals surface area contributed by atoms with Gasteiger partial charge < -0.3 is 0 Å². The SMILES string of the molecule is CC(C)(C)S(=O)(=O)NCCCCC(C)(C)S(=O)(=O)NCC1CC1. The monoisotopic (exact) mass is 368 g/mol. The molecule has 1 fully saturated rings. The summed E-state index contributed by atoms with van der Waals surface area (Å²) in [6.07, 6.45) is 4.00. The fourth-order valence-corrected chi connectivity index (χ4v) is 4.08. The summed E-state index contributed by atoms with van der Waals surface area (Å²) >= 11 is 0. The van der Waals surface area contributed by atoms with Crippen LogP contribution in [0.1, 0.15) is 66.7 Å². The van der Waals surface area contributed by atoms with Gasteiger partial charge in [-0.15, -0.1) is 0 Å². The van der Waals surface area contributed by atoms with Crippen molar-refractivity contribution in [2.24, 2.45) is 5.92 Å². The third-order valence-electron chi connectivity index (χ3n) is 4.29. The summed E-state index contributed by atoms with van der Waals surface area (Å²) in [5, 5.41) is 0. The first-order valence-corrected chi connectivity index (χ1v) is 11.2. The van der Waals surface area contributed by atoms with Crippen molar-refractivity contribution < 1.29 is 16.8 Å². The van der Waals surface area contributed by atoms with Crippen molar-refractivity contribution in [3.63, 3.8) is 0 Å². The van der Waals surface area contributed by atoms with Crippen molar-refractivity contribution in [3.05, 3.63) is 0 Å². The van der Waals surface area contributed by atoms with E-state index in [2.05, 4.69) is 9.44 Å². The molecule has 1 aliphatic rings. The third-order valence-corrected chi connectivity index (χ3v) is 8.69. The van der Waals surface area contributed by atoms with Gasteiger partial charge in [-0.05, 0) is 66.2 Å². The first-order chi connectivity index (χ1) is 10.3. The third kappa shape index (κ3) is 6.32. The van der Waals surface area contributed by atoms with Gasteiger partial charge in [0.2, 0.25) is 20.0 Å². The molecule has 1 saturated carbocycles. The van der Waals surface area contributed by atoms with Gasteiger partial charge in [-0.3, -0.25) is 0 Å². The normalized spacial score (nSPS) is 17.4. The zero-order valence-corrected chi connectivity index (χ0v) is 16.6. The highest BCUT2D eigenvalue weighted by Gasteiger charge is 2.35. The number of sulfonamides is 2. The molecule has 1 rings (SSSR count). The molecule has 2 N–H and O–H groups in total. The van der Waals surface area contributed by atoms with Crippen LogP contribution in [0.25, 0.3) is 0 Å². The van der Waals surface area contributed by atoms with Crippen LogP contribution in [0.4, 0.5) is 0 Å². The molecule has 0 aliphatic heterocycles. The predicted molar refractivity (Wildman–Crippen MR) is 94.3 cm³/mol. The van der Waals surface area contributed by atoms with Crippen molar-refractivity contribution in [2.75, 3.05) is 13.1 Å². The molecule has 0 unspecified atom stereocenters. The van der Waals surface area contributed by atoms with Gasteiger partial charge in [-0.2, -0.15) is 0 Å². The Morgan fingerprint density at radius 3 is 1.91 bits per heavy atom. The first-order valence-electron chi connectivity index (χ1n) is 8.27. The topological polar surface area (TPSA) is 92.3 Å². The van der Waals surface area contributed by atoms with E-state index < -0.39 is 29.5 Å². The van der Waals surface area contributed by atoms with E-state index in [-0.39, 0.29) is 0 Å². The maximum atomic E-state index is 12.3. The van der Waals surface area contributed by atoms with Gasteiger partial charge in [0, 0.05) is 13.1 Å². The van der Waals surface area contributed by atoms with Crippen LogP contribution >= 0.6 is 0 Å². The summed E-state index contributed by atoms with van der Waals surface area (Å²) in [6, 6.07) is 0. The van der Waals surface area contributed by atoms with Crippen molar-refractivity contribution in [3.8, 4) is 0 Å². The molecule has 0 aromatic rings. The van der Waals surface area contributed by atoms with Crippen LogP contribution in [-0.2, 0) is 20.0 Å². The van der Waals surface area contributed by atoms with Crippen molar-refractivity contribution in [1.82, 2.24) is 9.44 Å². The molecule has 1 aliphatic carbocycles. The summed E-state index contributed by atoms with van der Waals surface area (Å²) in [7, 11) is -6.68. The molecular weight excluding hydrogens is 336 g/mol. The smallest absolute Gasteiger partial charge is 0.215 e. The van der Waals surface area contributed by atoms with Gasteiger partial charge in [-0.25, -0.2) is 26.3 Å². The van der Waals surface area contributed by atoms with Crippen molar-refractivity contribution >= 4 is 20.0 Å². The predicted octanol–water partition coefficient (Wildman–Crippen LogP) is 1.98. The second-order valence-electron chi connectivity index (χ2n) is 8.02. The Labute approximate surface area is 141 Å². The molecule has 0 atom stereocenters. The molecule has 0 amide bonds. The standard InChI is InChI=1S/C15H32N2O4S2/c1-14(2,3)22(18,19)16-11-7-6-10-15(4,5)23(20,21)17-12-13-8-9-13/h13,16-17H,6-12H2,1-5H3. The molecule has 23 heavy (non-hydrogen) atoms. The quantitative estimate of drug-likeness (QED) is 0.577. The van der Waals surface area contributed by atoms with Crippen LogP contribution in [0, 0.1) is 5.92 Å². The fraction of sp³-hybridized carbons (Fsp3) is 1.00. The van der Waals surface area contributed by atoms with Gasteiger partial charge in [0.25, 0.3) is 0 Å². The van der Waals surface area contributed by atoms with Crippen LogP contribution in [-0.4, -0.2) is 39.4 Å². The van der Waals surface area contributed by atoms with Crippen molar-refractivity contribution in [2.45, 2.75) is 76.2 Å². The van der Waals surface area contributed by atoms with Crippen LogP contribution in [0.3, 0.4) is 0 Å². The second kappa shape index (κ2) is 7.37.